The summed E-state index contributed by atoms with van der Waals surface area (Å²) in [5, 5.41) is 3.22. The highest BCUT2D eigenvalue weighted by molar-refractivity contribution is 5.78. The molecule has 21 heavy (non-hydrogen) atoms. The Bertz CT molecular complexity index is 513. The predicted octanol–water partition coefficient (Wildman–Crippen LogP) is 1.40. The highest BCUT2D eigenvalue weighted by Gasteiger charge is 2.26. The lowest BCUT2D eigenvalue weighted by Crippen LogP contribution is -2.35. The van der Waals surface area contributed by atoms with Crippen molar-refractivity contribution in [1.82, 2.24) is 5.32 Å². The number of hydrogen-bond donors (Lipinski definition) is 1. The average molecular weight is 293 g/mol. The number of rotatable bonds is 5. The maximum atomic E-state index is 12.0. The van der Waals surface area contributed by atoms with E-state index < -0.39 is 6.04 Å². The van der Waals surface area contributed by atoms with Gasteiger partial charge in [-0.2, -0.15) is 0 Å². The Kier molecular flexibility index (Phi) is 4.26. The second kappa shape index (κ2) is 6.32. The summed E-state index contributed by atoms with van der Waals surface area (Å²) in [6.07, 6.45) is 2.24. The first-order valence-electron chi connectivity index (χ1n) is 7.10. The molecule has 1 aromatic rings. The van der Waals surface area contributed by atoms with E-state index in [0.717, 1.165) is 25.0 Å². The Morgan fingerprint density at radius 2 is 2.29 bits per heavy atom. The summed E-state index contributed by atoms with van der Waals surface area (Å²) in [5.74, 6) is 1.02. The lowest BCUT2D eigenvalue weighted by atomic mass is 10.1. The Morgan fingerprint density at radius 3 is 3.05 bits per heavy atom. The SMILES string of the molecule is COC(=O)C(NCC1CCCO1)c1ccc2c(c1)OCO2. The van der Waals surface area contributed by atoms with Crippen LogP contribution in [0.25, 0.3) is 0 Å². The van der Waals surface area contributed by atoms with Gasteiger partial charge in [-0.3, -0.25) is 5.32 Å². The van der Waals surface area contributed by atoms with Crippen molar-refractivity contribution >= 4 is 5.97 Å². The van der Waals surface area contributed by atoms with Gasteiger partial charge >= 0.3 is 5.97 Å². The second-order valence-corrected chi connectivity index (χ2v) is 5.11. The number of nitrogens with one attached hydrogen (secondary N) is 1. The maximum Gasteiger partial charge on any atom is 0.327 e. The molecule has 6 heteroatoms. The van der Waals surface area contributed by atoms with Crippen molar-refractivity contribution in [2.75, 3.05) is 27.1 Å². The third-order valence-corrected chi connectivity index (χ3v) is 3.74. The third-order valence-electron chi connectivity index (χ3n) is 3.74. The van der Waals surface area contributed by atoms with E-state index in [9.17, 15) is 4.79 Å². The molecule has 0 bridgehead atoms. The molecule has 1 saturated heterocycles. The fourth-order valence-electron chi connectivity index (χ4n) is 2.60. The van der Waals surface area contributed by atoms with Gasteiger partial charge in [0.1, 0.15) is 6.04 Å². The molecule has 2 aliphatic rings. The molecule has 2 unspecified atom stereocenters. The van der Waals surface area contributed by atoms with Crippen LogP contribution in [0.4, 0.5) is 0 Å². The van der Waals surface area contributed by atoms with Gasteiger partial charge in [-0.1, -0.05) is 6.07 Å². The largest absolute Gasteiger partial charge is 0.468 e. The van der Waals surface area contributed by atoms with Crippen LogP contribution >= 0.6 is 0 Å². The highest BCUT2D eigenvalue weighted by atomic mass is 16.7. The summed E-state index contributed by atoms with van der Waals surface area (Å²) in [7, 11) is 1.38. The van der Waals surface area contributed by atoms with Gasteiger partial charge in [0.15, 0.2) is 11.5 Å². The first-order chi connectivity index (χ1) is 10.3. The highest BCUT2D eigenvalue weighted by Crippen LogP contribution is 2.34. The Labute approximate surface area is 123 Å². The molecular weight excluding hydrogens is 274 g/mol. The minimum Gasteiger partial charge on any atom is -0.468 e. The molecule has 0 spiro atoms. The zero-order chi connectivity index (χ0) is 14.7. The average Bonchev–Trinajstić information content (AvgIpc) is 3.17. The van der Waals surface area contributed by atoms with Crippen molar-refractivity contribution in [2.24, 2.45) is 0 Å². The van der Waals surface area contributed by atoms with Crippen LogP contribution in [0.15, 0.2) is 18.2 Å². The van der Waals surface area contributed by atoms with Crippen LogP contribution < -0.4 is 14.8 Å². The molecule has 0 amide bonds. The minimum absolute atomic E-state index is 0.158. The van der Waals surface area contributed by atoms with Gasteiger partial charge in [-0.25, -0.2) is 4.79 Å². The van der Waals surface area contributed by atoms with Crippen LogP contribution in [-0.4, -0.2) is 39.1 Å². The number of benzene rings is 1. The van der Waals surface area contributed by atoms with Gasteiger partial charge in [0.2, 0.25) is 6.79 Å². The molecule has 2 atom stereocenters. The molecule has 2 heterocycles. The fourth-order valence-corrected chi connectivity index (χ4v) is 2.60. The summed E-state index contributed by atoms with van der Waals surface area (Å²) >= 11 is 0. The number of hydrogen-bond acceptors (Lipinski definition) is 6. The lowest BCUT2D eigenvalue weighted by Gasteiger charge is -2.19. The quantitative estimate of drug-likeness (QED) is 0.828. The van der Waals surface area contributed by atoms with Crippen LogP contribution in [-0.2, 0) is 14.3 Å². The summed E-state index contributed by atoms with van der Waals surface area (Å²) in [6, 6.07) is 4.93. The number of carbonyl (C=O) groups excluding carboxylic acids is 1. The van der Waals surface area contributed by atoms with E-state index in [-0.39, 0.29) is 18.9 Å². The number of methoxy groups -OCH3 is 1. The van der Waals surface area contributed by atoms with Crippen LogP contribution in [0.1, 0.15) is 24.4 Å². The van der Waals surface area contributed by atoms with E-state index in [1.807, 2.05) is 12.1 Å². The van der Waals surface area contributed by atoms with Crippen molar-refractivity contribution in [1.29, 1.82) is 0 Å². The predicted molar refractivity (Wildman–Crippen MR) is 74.3 cm³/mol. The van der Waals surface area contributed by atoms with Gasteiger partial charge in [-0.05, 0) is 30.5 Å². The van der Waals surface area contributed by atoms with E-state index >= 15 is 0 Å². The second-order valence-electron chi connectivity index (χ2n) is 5.11. The molecule has 6 nitrogen and oxygen atoms in total. The van der Waals surface area contributed by atoms with Crippen LogP contribution in [0, 0.1) is 0 Å². The summed E-state index contributed by atoms with van der Waals surface area (Å²) < 4.78 is 21.1. The normalized spacial score (nSPS) is 21.3. The van der Waals surface area contributed by atoms with Crippen molar-refractivity contribution in [3.63, 3.8) is 0 Å². The molecule has 1 fully saturated rings. The number of fused-ring (bicyclic) bond motifs is 1. The van der Waals surface area contributed by atoms with E-state index in [0.29, 0.717) is 18.0 Å². The van der Waals surface area contributed by atoms with Gasteiger partial charge in [0, 0.05) is 13.2 Å². The smallest absolute Gasteiger partial charge is 0.327 e. The van der Waals surface area contributed by atoms with E-state index in [1.165, 1.54) is 7.11 Å². The Morgan fingerprint density at radius 1 is 1.43 bits per heavy atom. The molecule has 3 rings (SSSR count). The van der Waals surface area contributed by atoms with Gasteiger partial charge in [0.25, 0.3) is 0 Å². The Hall–Kier alpha value is -1.79. The van der Waals surface area contributed by atoms with Crippen molar-refractivity contribution < 1.29 is 23.7 Å². The molecule has 1 aromatic carbocycles. The number of esters is 1. The van der Waals surface area contributed by atoms with Crippen LogP contribution in [0.5, 0.6) is 11.5 Å². The zero-order valence-electron chi connectivity index (χ0n) is 12.0. The monoisotopic (exact) mass is 293 g/mol. The number of carbonyl (C=O) groups is 1. The molecule has 114 valence electrons. The fraction of sp³-hybridized carbons (Fsp3) is 0.533. The van der Waals surface area contributed by atoms with Gasteiger partial charge in [0.05, 0.1) is 13.2 Å². The van der Waals surface area contributed by atoms with Crippen molar-refractivity contribution in [3.8, 4) is 11.5 Å². The van der Waals surface area contributed by atoms with Crippen LogP contribution in [0.3, 0.4) is 0 Å². The molecule has 0 radical (unpaired) electrons. The Balaban J connectivity index is 1.73. The number of ether oxygens (including phenoxy) is 4. The van der Waals surface area contributed by atoms with E-state index in [2.05, 4.69) is 5.32 Å². The maximum absolute atomic E-state index is 12.0. The third kappa shape index (κ3) is 3.11. The van der Waals surface area contributed by atoms with E-state index in [1.54, 1.807) is 6.07 Å². The first-order valence-corrected chi connectivity index (χ1v) is 7.10. The first kappa shape index (κ1) is 14.2. The molecule has 1 N–H and O–H groups in total. The summed E-state index contributed by atoms with van der Waals surface area (Å²) in [5.41, 5.74) is 0.795. The molecule has 2 aliphatic heterocycles. The minimum atomic E-state index is -0.534. The molecule has 0 saturated carbocycles. The van der Waals surface area contributed by atoms with Gasteiger partial charge < -0.3 is 18.9 Å². The standard InChI is InChI=1S/C15H19NO5/c1-18-15(17)14(16-8-11-3-2-6-19-11)10-4-5-12-13(7-10)21-9-20-12/h4-5,7,11,14,16H,2-3,6,8-9H2,1H3. The lowest BCUT2D eigenvalue weighted by molar-refractivity contribution is -0.143. The molecular formula is C15H19NO5. The van der Waals surface area contributed by atoms with Crippen LogP contribution in [0.2, 0.25) is 0 Å². The topological polar surface area (TPSA) is 66.0 Å². The molecule has 0 aromatic heterocycles. The summed E-state index contributed by atoms with van der Waals surface area (Å²) in [6.45, 7) is 1.62. The molecule has 0 aliphatic carbocycles. The van der Waals surface area contributed by atoms with Crippen molar-refractivity contribution in [2.45, 2.75) is 25.0 Å². The van der Waals surface area contributed by atoms with E-state index in [4.69, 9.17) is 18.9 Å². The zero-order valence-corrected chi connectivity index (χ0v) is 12.0. The van der Waals surface area contributed by atoms with Gasteiger partial charge in [-0.15, -0.1) is 0 Å². The summed E-state index contributed by atoms with van der Waals surface area (Å²) in [4.78, 5) is 12.0. The van der Waals surface area contributed by atoms with Crippen molar-refractivity contribution in [3.05, 3.63) is 23.8 Å².